The number of carbonyl (C=O) groups is 1. The van der Waals surface area contributed by atoms with Crippen LogP contribution < -0.4 is 0 Å². The van der Waals surface area contributed by atoms with Crippen LogP contribution in [0.25, 0.3) is 0 Å². The summed E-state index contributed by atoms with van der Waals surface area (Å²) in [6, 6.07) is 0. The number of fused-ring (bicyclic) bond motifs is 2. The van der Waals surface area contributed by atoms with Gasteiger partial charge in [0.15, 0.2) is 5.60 Å². The first-order chi connectivity index (χ1) is 5.53. The number of ether oxygens (including phenoxy) is 1. The molecule has 2 rings (SSSR count). The molecule has 2 aliphatic rings. The van der Waals surface area contributed by atoms with Crippen LogP contribution in [-0.2, 0) is 9.53 Å². The standard InChI is InChI=1S/C7H10O5/c8-3-1-7(11)2-4(5(3)9)12-6(7)10/h3-5,8-9,11H,1-2H2/t3-,4+,5+,7-/m0/s1. The highest BCUT2D eigenvalue weighted by molar-refractivity contribution is 5.82. The maximum atomic E-state index is 11.0. The maximum absolute atomic E-state index is 11.0. The van der Waals surface area contributed by atoms with Crippen LogP contribution in [0.3, 0.4) is 0 Å². The zero-order chi connectivity index (χ0) is 8.93. The molecule has 3 N–H and O–H groups in total. The van der Waals surface area contributed by atoms with Crippen LogP contribution in [0.5, 0.6) is 0 Å². The number of carbonyl (C=O) groups excluding carboxylic acids is 1. The van der Waals surface area contributed by atoms with Crippen molar-refractivity contribution in [3.05, 3.63) is 0 Å². The quantitative estimate of drug-likeness (QED) is 0.375. The molecule has 2 bridgehead atoms. The Hall–Kier alpha value is -0.650. The van der Waals surface area contributed by atoms with Crippen molar-refractivity contribution >= 4 is 5.97 Å². The van der Waals surface area contributed by atoms with Gasteiger partial charge in [-0.15, -0.1) is 0 Å². The van der Waals surface area contributed by atoms with Gasteiger partial charge in [-0.2, -0.15) is 0 Å². The second-order valence-electron chi connectivity index (χ2n) is 3.44. The Kier molecular flexibility index (Phi) is 1.45. The fourth-order valence-electron chi connectivity index (χ4n) is 1.78. The summed E-state index contributed by atoms with van der Waals surface area (Å²) in [5, 5.41) is 28.0. The number of aliphatic hydroxyl groups is 3. The van der Waals surface area contributed by atoms with Gasteiger partial charge in [0.05, 0.1) is 6.10 Å². The third-order valence-corrected chi connectivity index (χ3v) is 2.50. The SMILES string of the molecule is O=C1O[C@@H]2C[C@@]1(O)C[C@H](O)[C@H]2O. The predicted molar refractivity (Wildman–Crippen MR) is 36.1 cm³/mol. The first kappa shape index (κ1) is 7.97. The van der Waals surface area contributed by atoms with Crippen LogP contribution >= 0.6 is 0 Å². The van der Waals surface area contributed by atoms with Gasteiger partial charge in [0.1, 0.15) is 12.2 Å². The zero-order valence-electron chi connectivity index (χ0n) is 6.30. The van der Waals surface area contributed by atoms with Crippen molar-refractivity contribution in [1.82, 2.24) is 0 Å². The summed E-state index contributed by atoms with van der Waals surface area (Å²) in [6.45, 7) is 0. The maximum Gasteiger partial charge on any atom is 0.338 e. The average molecular weight is 174 g/mol. The van der Waals surface area contributed by atoms with E-state index in [0.717, 1.165) is 0 Å². The Morgan fingerprint density at radius 2 is 2.08 bits per heavy atom. The molecule has 1 saturated heterocycles. The van der Waals surface area contributed by atoms with Crippen molar-refractivity contribution in [2.75, 3.05) is 0 Å². The summed E-state index contributed by atoms with van der Waals surface area (Å²) in [5.74, 6) is -0.733. The predicted octanol–water partition coefficient (Wildman–Crippen LogP) is -1.84. The number of hydrogen-bond acceptors (Lipinski definition) is 5. The van der Waals surface area contributed by atoms with E-state index >= 15 is 0 Å². The molecule has 0 unspecified atom stereocenters. The summed E-state index contributed by atoms with van der Waals surface area (Å²) in [6.07, 6.45) is -2.92. The molecule has 12 heavy (non-hydrogen) atoms. The van der Waals surface area contributed by atoms with Crippen molar-refractivity contribution in [2.24, 2.45) is 0 Å². The Morgan fingerprint density at radius 3 is 2.75 bits per heavy atom. The highest BCUT2D eigenvalue weighted by Crippen LogP contribution is 2.37. The molecule has 68 valence electrons. The Morgan fingerprint density at radius 1 is 1.42 bits per heavy atom. The molecule has 2 fully saturated rings. The molecular formula is C7H10O5. The van der Waals surface area contributed by atoms with Crippen LogP contribution in [-0.4, -0.2) is 45.2 Å². The van der Waals surface area contributed by atoms with Gasteiger partial charge in [-0.25, -0.2) is 4.79 Å². The summed E-state index contributed by atoms with van der Waals surface area (Å²) < 4.78 is 4.67. The van der Waals surface area contributed by atoms with E-state index in [1.165, 1.54) is 0 Å². The molecule has 4 atom stereocenters. The monoisotopic (exact) mass is 174 g/mol. The van der Waals surface area contributed by atoms with Crippen LogP contribution in [0.2, 0.25) is 0 Å². The molecule has 5 heteroatoms. The van der Waals surface area contributed by atoms with E-state index < -0.39 is 29.9 Å². The van der Waals surface area contributed by atoms with Crippen molar-refractivity contribution in [2.45, 2.75) is 36.8 Å². The summed E-state index contributed by atoms with van der Waals surface area (Å²) in [5.41, 5.74) is -1.57. The lowest BCUT2D eigenvalue weighted by Crippen LogP contribution is -2.48. The van der Waals surface area contributed by atoms with Crippen LogP contribution in [0.4, 0.5) is 0 Å². The zero-order valence-corrected chi connectivity index (χ0v) is 6.30. The van der Waals surface area contributed by atoms with E-state index in [1.54, 1.807) is 0 Å². The van der Waals surface area contributed by atoms with E-state index in [1.807, 2.05) is 0 Å². The van der Waals surface area contributed by atoms with Crippen molar-refractivity contribution in [1.29, 1.82) is 0 Å². The van der Waals surface area contributed by atoms with E-state index in [4.69, 9.17) is 0 Å². The third kappa shape index (κ3) is 0.872. The van der Waals surface area contributed by atoms with Gasteiger partial charge in [0.25, 0.3) is 0 Å². The fraction of sp³-hybridized carbons (Fsp3) is 0.857. The molecule has 0 aromatic carbocycles. The van der Waals surface area contributed by atoms with Crippen molar-refractivity contribution in [3.8, 4) is 0 Å². The van der Waals surface area contributed by atoms with Gasteiger partial charge in [0.2, 0.25) is 0 Å². The molecular weight excluding hydrogens is 164 g/mol. The largest absolute Gasteiger partial charge is 0.457 e. The second kappa shape index (κ2) is 2.18. The first-order valence-corrected chi connectivity index (χ1v) is 3.82. The highest BCUT2D eigenvalue weighted by Gasteiger charge is 2.56. The van der Waals surface area contributed by atoms with Crippen molar-refractivity contribution < 1.29 is 24.9 Å². The van der Waals surface area contributed by atoms with Gasteiger partial charge in [0, 0.05) is 12.8 Å². The topological polar surface area (TPSA) is 87.0 Å². The van der Waals surface area contributed by atoms with E-state index in [-0.39, 0.29) is 12.8 Å². The Balaban J connectivity index is 2.28. The molecule has 0 radical (unpaired) electrons. The molecule has 1 heterocycles. The van der Waals surface area contributed by atoms with Gasteiger partial charge in [-0.3, -0.25) is 0 Å². The summed E-state index contributed by atoms with van der Waals surface area (Å²) >= 11 is 0. The normalized spacial score (nSPS) is 52.2. The fourth-order valence-corrected chi connectivity index (χ4v) is 1.78. The van der Waals surface area contributed by atoms with Crippen LogP contribution in [0.1, 0.15) is 12.8 Å². The number of esters is 1. The minimum atomic E-state index is -1.57. The number of hydrogen-bond donors (Lipinski definition) is 3. The van der Waals surface area contributed by atoms with E-state index in [9.17, 15) is 20.1 Å². The van der Waals surface area contributed by atoms with E-state index in [2.05, 4.69) is 4.74 Å². The van der Waals surface area contributed by atoms with Crippen molar-refractivity contribution in [3.63, 3.8) is 0 Å². The molecule has 5 nitrogen and oxygen atoms in total. The minimum absolute atomic E-state index is 0.0874. The Labute approximate surface area is 68.6 Å². The van der Waals surface area contributed by atoms with Gasteiger partial charge in [-0.1, -0.05) is 0 Å². The lowest BCUT2D eigenvalue weighted by atomic mass is 9.82. The molecule has 0 amide bonds. The average Bonchev–Trinajstić information content (AvgIpc) is 2.22. The molecule has 1 saturated carbocycles. The second-order valence-corrected chi connectivity index (χ2v) is 3.44. The third-order valence-electron chi connectivity index (χ3n) is 2.50. The molecule has 0 aromatic heterocycles. The van der Waals surface area contributed by atoms with Gasteiger partial charge >= 0.3 is 5.97 Å². The smallest absolute Gasteiger partial charge is 0.338 e. The number of aliphatic hydroxyl groups excluding tert-OH is 2. The van der Waals surface area contributed by atoms with Crippen LogP contribution in [0.15, 0.2) is 0 Å². The molecule has 1 aliphatic carbocycles. The molecule has 0 aromatic rings. The Bertz CT molecular complexity index is 228. The lowest BCUT2D eigenvalue weighted by Gasteiger charge is -2.30. The molecule has 0 spiro atoms. The first-order valence-electron chi connectivity index (χ1n) is 3.82. The van der Waals surface area contributed by atoms with Gasteiger partial charge < -0.3 is 20.1 Å². The summed E-state index contributed by atoms with van der Waals surface area (Å²) in [7, 11) is 0. The highest BCUT2D eigenvalue weighted by atomic mass is 16.6. The van der Waals surface area contributed by atoms with Crippen LogP contribution in [0, 0.1) is 0 Å². The van der Waals surface area contributed by atoms with Gasteiger partial charge in [-0.05, 0) is 0 Å². The molecule has 1 aliphatic heterocycles. The summed E-state index contributed by atoms with van der Waals surface area (Å²) in [4.78, 5) is 11.0. The minimum Gasteiger partial charge on any atom is -0.457 e. The lowest BCUT2D eigenvalue weighted by molar-refractivity contribution is -0.154. The number of rotatable bonds is 0. The van der Waals surface area contributed by atoms with E-state index in [0.29, 0.717) is 0 Å².